The molecule has 6 rings (SSSR count). The van der Waals surface area contributed by atoms with Gasteiger partial charge in [-0.2, -0.15) is 4.31 Å². The molecule has 188 valence electrons. The molecule has 0 unspecified atom stereocenters. The fraction of sp³-hybridized carbons (Fsp3) is 0.400. The van der Waals surface area contributed by atoms with Crippen molar-refractivity contribution in [3.63, 3.8) is 0 Å². The van der Waals surface area contributed by atoms with E-state index in [1.807, 2.05) is 24.5 Å². The number of piperazine rings is 1. The zero-order valence-corrected chi connectivity index (χ0v) is 21.8. The van der Waals surface area contributed by atoms with Crippen LogP contribution in [0.1, 0.15) is 4.88 Å². The lowest BCUT2D eigenvalue weighted by Gasteiger charge is -2.32. The molecule has 2 aliphatic heterocycles. The van der Waals surface area contributed by atoms with Crippen molar-refractivity contribution >= 4 is 48.2 Å². The number of anilines is 1. The van der Waals surface area contributed by atoms with Crippen molar-refractivity contribution in [3.8, 4) is 11.4 Å². The number of nitrogens with zero attached hydrogens (tertiary/aromatic N) is 6. The number of benzene rings is 1. The first-order valence-corrected chi connectivity index (χ1v) is 14.8. The number of rotatable bonds is 5. The summed E-state index contributed by atoms with van der Waals surface area (Å²) < 4.78 is 30.9. The second kappa shape index (κ2) is 9.64. The molecule has 11 heteroatoms. The summed E-state index contributed by atoms with van der Waals surface area (Å²) in [6.45, 7) is 6.20. The predicted molar refractivity (Wildman–Crippen MR) is 143 cm³/mol. The van der Waals surface area contributed by atoms with Crippen LogP contribution in [0, 0.1) is 0 Å². The van der Waals surface area contributed by atoms with E-state index >= 15 is 0 Å². The third kappa shape index (κ3) is 4.69. The summed E-state index contributed by atoms with van der Waals surface area (Å²) in [6.07, 6.45) is 5.00. The number of thiophene rings is 1. The number of morpholine rings is 1. The summed E-state index contributed by atoms with van der Waals surface area (Å²) in [6, 6.07) is 10.4. The van der Waals surface area contributed by atoms with Gasteiger partial charge in [0.05, 0.1) is 24.9 Å². The quantitative estimate of drug-likeness (QED) is 0.394. The Hall–Kier alpha value is -2.70. The summed E-state index contributed by atoms with van der Waals surface area (Å²) in [5.74, 6) is 1.62. The number of sulfonamides is 1. The van der Waals surface area contributed by atoms with E-state index in [0.717, 1.165) is 65.1 Å². The van der Waals surface area contributed by atoms with Gasteiger partial charge in [0.1, 0.15) is 10.6 Å². The third-order valence-electron chi connectivity index (χ3n) is 6.82. The van der Waals surface area contributed by atoms with Gasteiger partial charge in [0.15, 0.2) is 5.82 Å². The van der Waals surface area contributed by atoms with E-state index in [0.29, 0.717) is 32.1 Å². The van der Waals surface area contributed by atoms with Gasteiger partial charge < -0.3 is 9.64 Å². The van der Waals surface area contributed by atoms with Crippen molar-refractivity contribution < 1.29 is 13.2 Å². The minimum atomic E-state index is -3.14. The molecule has 0 bridgehead atoms. The van der Waals surface area contributed by atoms with Crippen molar-refractivity contribution in [1.29, 1.82) is 0 Å². The fourth-order valence-electron chi connectivity index (χ4n) is 4.91. The molecule has 2 aliphatic rings. The topological polar surface area (TPSA) is 91.8 Å². The number of hydrogen-bond acceptors (Lipinski definition) is 9. The molecule has 5 heterocycles. The lowest BCUT2D eigenvalue weighted by atomic mass is 10.1. The van der Waals surface area contributed by atoms with Crippen LogP contribution in [0.5, 0.6) is 0 Å². The SMILES string of the molecule is CS(=O)(=O)N1CCN(Cc2cc3c(N4CCOCC4)nc(-c4cncc5ccccc45)nc3s2)CC1. The second-order valence-corrected chi connectivity index (χ2v) is 12.3. The van der Waals surface area contributed by atoms with Gasteiger partial charge in [0.25, 0.3) is 0 Å². The Morgan fingerprint density at radius 1 is 0.972 bits per heavy atom. The Morgan fingerprint density at radius 2 is 1.75 bits per heavy atom. The van der Waals surface area contributed by atoms with E-state index in [2.05, 4.69) is 33.0 Å². The highest BCUT2D eigenvalue weighted by molar-refractivity contribution is 7.88. The van der Waals surface area contributed by atoms with Crippen LogP contribution in [0.4, 0.5) is 5.82 Å². The molecule has 0 amide bonds. The van der Waals surface area contributed by atoms with E-state index in [1.54, 1.807) is 15.6 Å². The highest BCUT2D eigenvalue weighted by atomic mass is 32.2. The summed E-state index contributed by atoms with van der Waals surface area (Å²) in [7, 11) is -3.14. The maximum absolute atomic E-state index is 11.9. The number of aromatic nitrogens is 3. The van der Waals surface area contributed by atoms with Gasteiger partial charge in [-0.3, -0.25) is 9.88 Å². The molecule has 3 aromatic heterocycles. The molecule has 9 nitrogen and oxygen atoms in total. The smallest absolute Gasteiger partial charge is 0.211 e. The van der Waals surface area contributed by atoms with Crippen molar-refractivity contribution in [1.82, 2.24) is 24.2 Å². The monoisotopic (exact) mass is 524 g/mol. The number of ether oxygens (including phenoxy) is 1. The van der Waals surface area contributed by atoms with Crippen LogP contribution in [0.15, 0.2) is 42.7 Å². The standard InChI is InChI=1S/C25H28N6O3S2/c1-36(32,33)31-8-6-29(7-9-31)17-19-14-21-24(30-10-12-34-13-11-30)27-23(28-25(21)35-19)22-16-26-15-18-4-2-3-5-20(18)22/h2-5,14-16H,6-13,17H2,1H3. The maximum atomic E-state index is 11.9. The van der Waals surface area contributed by atoms with Crippen molar-refractivity contribution in [2.24, 2.45) is 0 Å². The summed E-state index contributed by atoms with van der Waals surface area (Å²) in [5, 5.41) is 3.20. The summed E-state index contributed by atoms with van der Waals surface area (Å²) >= 11 is 1.69. The molecule has 0 spiro atoms. The molecule has 0 N–H and O–H groups in total. The van der Waals surface area contributed by atoms with Gasteiger partial charge in [-0.1, -0.05) is 24.3 Å². The van der Waals surface area contributed by atoms with Gasteiger partial charge in [0.2, 0.25) is 10.0 Å². The van der Waals surface area contributed by atoms with E-state index in [4.69, 9.17) is 14.7 Å². The molecular weight excluding hydrogens is 496 g/mol. The molecule has 0 radical (unpaired) electrons. The van der Waals surface area contributed by atoms with Crippen molar-refractivity contribution in [2.75, 3.05) is 63.6 Å². The molecule has 2 fully saturated rings. The van der Waals surface area contributed by atoms with Gasteiger partial charge >= 0.3 is 0 Å². The molecule has 36 heavy (non-hydrogen) atoms. The minimum Gasteiger partial charge on any atom is -0.378 e. The highest BCUT2D eigenvalue weighted by Gasteiger charge is 2.25. The normalized spacial score (nSPS) is 18.3. The van der Waals surface area contributed by atoms with Gasteiger partial charge in [0, 0.05) is 74.0 Å². The number of pyridine rings is 1. The molecule has 4 aromatic rings. The first-order chi connectivity index (χ1) is 17.5. The number of hydrogen-bond donors (Lipinski definition) is 0. The highest BCUT2D eigenvalue weighted by Crippen LogP contribution is 2.35. The Morgan fingerprint density at radius 3 is 2.53 bits per heavy atom. The average Bonchev–Trinajstić information content (AvgIpc) is 3.30. The van der Waals surface area contributed by atoms with Gasteiger partial charge in [-0.15, -0.1) is 11.3 Å². The Balaban J connectivity index is 1.37. The first-order valence-electron chi connectivity index (χ1n) is 12.1. The first kappa shape index (κ1) is 23.7. The zero-order valence-electron chi connectivity index (χ0n) is 20.1. The van der Waals surface area contributed by atoms with Gasteiger partial charge in [-0.25, -0.2) is 18.4 Å². The molecule has 1 aromatic carbocycles. The van der Waals surface area contributed by atoms with E-state index in [-0.39, 0.29) is 0 Å². The predicted octanol–water partition coefficient (Wildman–Crippen LogP) is 2.82. The third-order valence-corrected chi connectivity index (χ3v) is 9.14. The molecule has 0 saturated carbocycles. The maximum Gasteiger partial charge on any atom is 0.211 e. The summed E-state index contributed by atoms with van der Waals surface area (Å²) in [5.41, 5.74) is 0.927. The van der Waals surface area contributed by atoms with Crippen LogP contribution in [-0.4, -0.2) is 91.3 Å². The zero-order chi connectivity index (χ0) is 24.7. The lowest BCUT2D eigenvalue weighted by molar-refractivity contribution is 0.122. The van der Waals surface area contributed by atoms with Crippen LogP contribution in [0.3, 0.4) is 0 Å². The summed E-state index contributed by atoms with van der Waals surface area (Å²) in [4.78, 5) is 21.3. The Labute approximate surface area is 214 Å². The van der Waals surface area contributed by atoms with Crippen LogP contribution < -0.4 is 4.90 Å². The van der Waals surface area contributed by atoms with Crippen LogP contribution >= 0.6 is 11.3 Å². The van der Waals surface area contributed by atoms with Crippen molar-refractivity contribution in [3.05, 3.63) is 47.6 Å². The Kier molecular flexibility index (Phi) is 6.34. The fourth-order valence-corrected chi connectivity index (χ4v) is 6.80. The largest absolute Gasteiger partial charge is 0.378 e. The van der Waals surface area contributed by atoms with E-state index in [9.17, 15) is 8.42 Å². The van der Waals surface area contributed by atoms with Crippen LogP contribution in [0.25, 0.3) is 32.4 Å². The molecular formula is C25H28N6O3S2. The molecule has 0 aliphatic carbocycles. The second-order valence-electron chi connectivity index (χ2n) is 9.25. The van der Waals surface area contributed by atoms with Crippen molar-refractivity contribution in [2.45, 2.75) is 6.54 Å². The lowest BCUT2D eigenvalue weighted by Crippen LogP contribution is -2.47. The van der Waals surface area contributed by atoms with Crippen LogP contribution in [-0.2, 0) is 21.3 Å². The van der Waals surface area contributed by atoms with Crippen LogP contribution in [0.2, 0.25) is 0 Å². The van der Waals surface area contributed by atoms with E-state index < -0.39 is 10.0 Å². The minimum absolute atomic E-state index is 0.529. The molecule has 0 atom stereocenters. The van der Waals surface area contributed by atoms with Gasteiger partial charge in [-0.05, 0) is 11.5 Å². The average molecular weight is 525 g/mol. The molecule has 2 saturated heterocycles. The van der Waals surface area contributed by atoms with E-state index in [1.165, 1.54) is 11.1 Å². The Bertz CT molecular complexity index is 1500. The number of fused-ring (bicyclic) bond motifs is 2.